The van der Waals surface area contributed by atoms with Crippen molar-refractivity contribution in [2.24, 2.45) is 5.73 Å². The fourth-order valence-corrected chi connectivity index (χ4v) is 3.07. The molecule has 1 rings (SSSR count). The van der Waals surface area contributed by atoms with Crippen LogP contribution in [0.5, 0.6) is 0 Å². The lowest BCUT2D eigenvalue weighted by atomic mass is 10.1. The summed E-state index contributed by atoms with van der Waals surface area (Å²) in [5, 5.41) is 0.932. The minimum Gasteiger partial charge on any atom is -0.383 e. The number of benzene rings is 1. The van der Waals surface area contributed by atoms with Gasteiger partial charge in [-0.3, -0.25) is 0 Å². The largest absolute Gasteiger partial charge is 0.383 e. The molecule has 5 heteroatoms. The molecule has 0 aromatic heterocycles. The fourth-order valence-electron chi connectivity index (χ4n) is 1.76. The first-order valence-corrected chi connectivity index (χ1v) is 7.93. The van der Waals surface area contributed by atoms with E-state index < -0.39 is 7.14 Å². The molecule has 17 heavy (non-hydrogen) atoms. The molecule has 0 spiro atoms. The quantitative estimate of drug-likeness (QED) is 0.836. The highest BCUT2D eigenvalue weighted by Crippen LogP contribution is 2.36. The molecule has 0 aliphatic rings. The summed E-state index contributed by atoms with van der Waals surface area (Å²) in [4.78, 5) is 0. The summed E-state index contributed by atoms with van der Waals surface area (Å²) in [5.74, 6) is 0. The first-order valence-electron chi connectivity index (χ1n) is 5.33. The molecule has 1 aromatic rings. The van der Waals surface area contributed by atoms with E-state index >= 15 is 0 Å². The molecule has 0 radical (unpaired) electrons. The molecule has 0 saturated carbocycles. The molecule has 0 amide bonds. The summed E-state index contributed by atoms with van der Waals surface area (Å²) in [5.41, 5.74) is 6.98. The molecule has 2 N–H and O–H groups in total. The lowest BCUT2D eigenvalue weighted by Crippen LogP contribution is -2.30. The van der Waals surface area contributed by atoms with E-state index in [-0.39, 0.29) is 18.4 Å². The van der Waals surface area contributed by atoms with Crippen molar-refractivity contribution in [2.75, 3.05) is 27.0 Å². The van der Waals surface area contributed by atoms with Crippen LogP contribution >= 0.6 is 19.5 Å². The Labute approximate surface area is 110 Å². The smallest absolute Gasteiger partial charge is 0.110 e. The average Bonchev–Trinajstić information content (AvgIpc) is 2.17. The zero-order valence-corrected chi connectivity index (χ0v) is 12.3. The third kappa shape index (κ3) is 5.22. The second kappa shape index (κ2) is 7.17. The van der Waals surface area contributed by atoms with Gasteiger partial charge in [-0.05, 0) is 25.3 Å². The molecule has 98 valence electrons. The minimum absolute atomic E-state index is 0. The van der Waals surface area contributed by atoms with Crippen molar-refractivity contribution in [3.8, 4) is 0 Å². The molecule has 1 aromatic carbocycles. The maximum atomic E-state index is 12.1. The lowest BCUT2D eigenvalue weighted by Gasteiger charge is -2.16. The number of halogens is 1. The van der Waals surface area contributed by atoms with Crippen molar-refractivity contribution in [2.45, 2.75) is 12.5 Å². The maximum absolute atomic E-state index is 12.1. The van der Waals surface area contributed by atoms with Crippen LogP contribution in [0.25, 0.3) is 0 Å². The van der Waals surface area contributed by atoms with E-state index in [2.05, 4.69) is 0 Å². The van der Waals surface area contributed by atoms with Gasteiger partial charge in [0.2, 0.25) is 0 Å². The minimum atomic E-state index is -2.23. The Morgan fingerprint density at radius 1 is 1.35 bits per heavy atom. The Morgan fingerprint density at radius 2 is 1.94 bits per heavy atom. The topological polar surface area (TPSA) is 52.3 Å². The number of rotatable bonds is 5. The summed E-state index contributed by atoms with van der Waals surface area (Å²) >= 11 is 0. The molecule has 0 saturated heterocycles. The van der Waals surface area contributed by atoms with Gasteiger partial charge in [0, 0.05) is 18.5 Å². The Bertz CT molecular complexity index is 392. The van der Waals surface area contributed by atoms with Gasteiger partial charge in [0.1, 0.15) is 7.14 Å². The van der Waals surface area contributed by atoms with Crippen LogP contribution in [0.1, 0.15) is 5.56 Å². The number of hydrogen-bond donors (Lipinski definition) is 1. The second-order valence-electron chi connectivity index (χ2n) is 4.40. The van der Waals surface area contributed by atoms with Gasteiger partial charge in [0.05, 0.1) is 6.61 Å². The number of ether oxygens (including phenoxy) is 1. The molecule has 0 bridgehead atoms. The van der Waals surface area contributed by atoms with Crippen LogP contribution < -0.4 is 11.0 Å². The molecule has 0 heterocycles. The monoisotopic (exact) mass is 277 g/mol. The molecular weight excluding hydrogens is 257 g/mol. The summed E-state index contributed by atoms with van der Waals surface area (Å²) in [6, 6.07) is 7.74. The van der Waals surface area contributed by atoms with Crippen molar-refractivity contribution in [3.63, 3.8) is 0 Å². The third-order valence-electron chi connectivity index (χ3n) is 2.43. The zero-order valence-electron chi connectivity index (χ0n) is 10.6. The Kier molecular flexibility index (Phi) is 7.03. The maximum Gasteiger partial charge on any atom is 0.110 e. The molecule has 0 aliphatic heterocycles. The van der Waals surface area contributed by atoms with E-state index in [0.717, 1.165) is 10.9 Å². The van der Waals surface area contributed by atoms with Crippen molar-refractivity contribution >= 4 is 24.9 Å². The highest BCUT2D eigenvalue weighted by atomic mass is 35.5. The Hall–Kier alpha value is -0.340. The van der Waals surface area contributed by atoms with Crippen LogP contribution in [0.2, 0.25) is 0 Å². The summed E-state index contributed by atoms with van der Waals surface area (Å²) in [6.45, 7) is 4.09. The van der Waals surface area contributed by atoms with Gasteiger partial charge in [-0.1, -0.05) is 24.3 Å². The Morgan fingerprint density at radius 3 is 2.47 bits per heavy atom. The first kappa shape index (κ1) is 16.7. The molecule has 1 atom stereocenters. The summed E-state index contributed by atoms with van der Waals surface area (Å²) < 4.78 is 17.1. The van der Waals surface area contributed by atoms with Crippen LogP contribution in [0.3, 0.4) is 0 Å². The molecule has 0 aliphatic carbocycles. The van der Waals surface area contributed by atoms with Crippen molar-refractivity contribution in [3.05, 3.63) is 29.8 Å². The number of nitrogens with two attached hydrogens (primary N) is 1. The van der Waals surface area contributed by atoms with Crippen molar-refractivity contribution in [1.82, 2.24) is 0 Å². The third-order valence-corrected chi connectivity index (χ3v) is 4.03. The van der Waals surface area contributed by atoms with Crippen molar-refractivity contribution in [1.29, 1.82) is 0 Å². The molecular formula is C12H21ClNO2P. The van der Waals surface area contributed by atoms with E-state index in [4.69, 9.17) is 10.5 Å². The van der Waals surface area contributed by atoms with Gasteiger partial charge in [-0.25, -0.2) is 0 Å². The van der Waals surface area contributed by atoms with Crippen molar-refractivity contribution < 1.29 is 9.30 Å². The van der Waals surface area contributed by atoms with Gasteiger partial charge in [0.25, 0.3) is 0 Å². The summed E-state index contributed by atoms with van der Waals surface area (Å²) in [7, 11) is -0.592. The van der Waals surface area contributed by atoms with Crippen LogP contribution in [-0.2, 0) is 15.7 Å². The van der Waals surface area contributed by atoms with Gasteiger partial charge in [-0.2, -0.15) is 0 Å². The average molecular weight is 278 g/mol. The highest BCUT2D eigenvalue weighted by Gasteiger charge is 2.16. The predicted octanol–water partition coefficient (Wildman–Crippen LogP) is 1.87. The predicted molar refractivity (Wildman–Crippen MR) is 76.3 cm³/mol. The number of methoxy groups -OCH3 is 1. The van der Waals surface area contributed by atoms with Gasteiger partial charge in [0.15, 0.2) is 0 Å². The SMILES string of the molecule is COCC(N)Cc1ccccc1P(C)(C)=O.Cl. The van der Waals surface area contributed by atoms with Gasteiger partial charge < -0.3 is 15.0 Å². The highest BCUT2D eigenvalue weighted by molar-refractivity contribution is 7.70. The van der Waals surface area contributed by atoms with E-state index in [1.54, 1.807) is 20.4 Å². The second-order valence-corrected chi connectivity index (χ2v) is 7.58. The van der Waals surface area contributed by atoms with Gasteiger partial charge in [-0.15, -0.1) is 12.4 Å². The lowest BCUT2D eigenvalue weighted by molar-refractivity contribution is 0.180. The molecule has 3 nitrogen and oxygen atoms in total. The van der Waals surface area contributed by atoms with Gasteiger partial charge >= 0.3 is 0 Å². The molecule has 1 unspecified atom stereocenters. The van der Waals surface area contributed by atoms with Crippen LogP contribution in [0.15, 0.2) is 24.3 Å². The van der Waals surface area contributed by atoms with E-state index in [1.807, 2.05) is 24.3 Å². The first-order chi connectivity index (χ1) is 7.45. The Balaban J connectivity index is 0.00000256. The standard InChI is InChI=1S/C12H20NO2P.ClH/c1-15-9-11(13)8-10-6-4-5-7-12(10)16(2,3)14;/h4-7,11H,8-9,13H2,1-3H3;1H. The van der Waals surface area contributed by atoms with E-state index in [9.17, 15) is 4.57 Å². The number of hydrogen-bond acceptors (Lipinski definition) is 3. The summed E-state index contributed by atoms with van der Waals surface area (Å²) in [6.07, 6.45) is 0.704. The van der Waals surface area contributed by atoms with E-state index in [1.165, 1.54) is 0 Å². The van der Waals surface area contributed by atoms with Crippen LogP contribution in [0.4, 0.5) is 0 Å². The fraction of sp³-hybridized carbons (Fsp3) is 0.500. The zero-order chi connectivity index (χ0) is 12.2. The molecule has 0 fully saturated rings. The normalized spacial score (nSPS) is 12.9. The van der Waals surface area contributed by atoms with E-state index in [0.29, 0.717) is 13.0 Å². The van der Waals surface area contributed by atoms with Crippen LogP contribution in [-0.4, -0.2) is 33.1 Å². The van der Waals surface area contributed by atoms with Crippen LogP contribution in [0, 0.1) is 0 Å².